The molecule has 1 aromatic carbocycles. The number of hydrogen-bond acceptors (Lipinski definition) is 3. The molecule has 0 atom stereocenters. The van der Waals surface area contributed by atoms with Gasteiger partial charge in [-0.3, -0.25) is 9.78 Å². The quantitative estimate of drug-likeness (QED) is 0.773. The van der Waals surface area contributed by atoms with E-state index in [0.29, 0.717) is 11.6 Å². The van der Waals surface area contributed by atoms with Gasteiger partial charge in [-0.2, -0.15) is 0 Å². The highest BCUT2D eigenvalue weighted by Gasteiger charge is 2.25. The Morgan fingerprint density at radius 2 is 1.81 bits per heavy atom. The summed E-state index contributed by atoms with van der Waals surface area (Å²) in [5, 5.41) is 0. The van der Waals surface area contributed by atoms with Gasteiger partial charge in [0.25, 0.3) is 5.91 Å². The lowest BCUT2D eigenvalue weighted by molar-refractivity contribution is 0.0646. The van der Waals surface area contributed by atoms with Crippen LogP contribution in [-0.2, 0) is 6.42 Å². The summed E-state index contributed by atoms with van der Waals surface area (Å²) in [6.07, 6.45) is 6.51. The molecule has 2 heterocycles. The molecule has 0 N–H and O–H groups in total. The lowest BCUT2D eigenvalue weighted by atomic mass is 10.0. The summed E-state index contributed by atoms with van der Waals surface area (Å²) in [4.78, 5) is 20.9. The van der Waals surface area contributed by atoms with Crippen molar-refractivity contribution in [2.24, 2.45) is 0 Å². The Kier molecular flexibility index (Phi) is 9.63. The van der Waals surface area contributed by atoms with Crippen LogP contribution in [-0.4, -0.2) is 53.4 Å². The second-order valence-corrected chi connectivity index (χ2v) is 6.48. The smallest absolute Gasteiger partial charge is 0.255 e. The average molecular weight is 396 g/mol. The maximum absolute atomic E-state index is 12.5. The fourth-order valence-corrected chi connectivity index (χ4v) is 3.31. The number of carbonyl (C=O) groups excluding carboxylic acids is 1. The fourth-order valence-electron chi connectivity index (χ4n) is 3.31. The molecule has 0 saturated carbocycles. The zero-order chi connectivity index (χ0) is 16.8. The average Bonchev–Trinajstić information content (AvgIpc) is 2.67. The fraction of sp³-hybridized carbons (Fsp3) is 0.400. The standard InChI is InChI=1S/C20H25N3O.2ClH/c1-22(13-9-17-6-3-2-4-7-17)19-10-14-23(15-11-19)20(24)18-8-5-12-21-16-18;;/h2-8,12,16,19H,9-11,13-15H2,1H3;2*1H. The number of carbonyl (C=O) groups is 1. The van der Waals surface area contributed by atoms with E-state index in [-0.39, 0.29) is 30.7 Å². The van der Waals surface area contributed by atoms with Crippen molar-refractivity contribution in [3.05, 3.63) is 66.0 Å². The Balaban J connectivity index is 0.00000169. The molecule has 0 spiro atoms. The zero-order valence-corrected chi connectivity index (χ0v) is 16.7. The van der Waals surface area contributed by atoms with E-state index >= 15 is 0 Å². The summed E-state index contributed by atoms with van der Waals surface area (Å²) in [7, 11) is 2.20. The largest absolute Gasteiger partial charge is 0.338 e. The molecule has 4 nitrogen and oxygen atoms in total. The first-order valence-corrected chi connectivity index (χ1v) is 8.67. The van der Waals surface area contributed by atoms with E-state index in [2.05, 4.69) is 47.3 Å². The molecule has 6 heteroatoms. The molecule has 1 aliphatic rings. The summed E-state index contributed by atoms with van der Waals surface area (Å²) >= 11 is 0. The molecule has 1 fully saturated rings. The molecule has 0 aliphatic carbocycles. The van der Waals surface area contributed by atoms with Crippen LogP contribution in [0.4, 0.5) is 0 Å². The number of piperidine rings is 1. The highest BCUT2D eigenvalue weighted by Crippen LogP contribution is 2.18. The minimum Gasteiger partial charge on any atom is -0.338 e. The third-order valence-corrected chi connectivity index (χ3v) is 4.88. The molecule has 1 amide bonds. The normalized spacial score (nSPS) is 14.5. The van der Waals surface area contributed by atoms with Crippen LogP contribution in [0.25, 0.3) is 0 Å². The van der Waals surface area contributed by atoms with Crippen molar-refractivity contribution in [2.45, 2.75) is 25.3 Å². The van der Waals surface area contributed by atoms with Crippen molar-refractivity contribution >= 4 is 30.7 Å². The molecular weight excluding hydrogens is 369 g/mol. The number of nitrogens with zero attached hydrogens (tertiary/aromatic N) is 3. The lowest BCUT2D eigenvalue weighted by Crippen LogP contribution is -2.46. The molecule has 0 radical (unpaired) electrons. The van der Waals surface area contributed by atoms with Crippen molar-refractivity contribution in [3.8, 4) is 0 Å². The van der Waals surface area contributed by atoms with Gasteiger partial charge < -0.3 is 9.80 Å². The van der Waals surface area contributed by atoms with Crippen molar-refractivity contribution < 1.29 is 4.79 Å². The lowest BCUT2D eigenvalue weighted by Gasteiger charge is -2.36. The highest BCUT2D eigenvalue weighted by molar-refractivity contribution is 5.93. The number of likely N-dealkylation sites (tertiary alicyclic amines) is 1. The van der Waals surface area contributed by atoms with Crippen LogP contribution in [0.3, 0.4) is 0 Å². The molecule has 1 aromatic heterocycles. The summed E-state index contributed by atoms with van der Waals surface area (Å²) in [6.45, 7) is 2.72. The highest BCUT2D eigenvalue weighted by atomic mass is 35.5. The minimum atomic E-state index is 0. The predicted molar refractivity (Wildman–Crippen MR) is 110 cm³/mol. The van der Waals surface area contributed by atoms with E-state index < -0.39 is 0 Å². The number of aromatic nitrogens is 1. The monoisotopic (exact) mass is 395 g/mol. The summed E-state index contributed by atoms with van der Waals surface area (Å²) in [5.74, 6) is 0.105. The van der Waals surface area contributed by atoms with Gasteiger partial charge in [-0.1, -0.05) is 30.3 Å². The number of hydrogen-bond donors (Lipinski definition) is 0. The number of halogens is 2. The maximum atomic E-state index is 12.5. The molecule has 1 saturated heterocycles. The Morgan fingerprint density at radius 1 is 1.12 bits per heavy atom. The van der Waals surface area contributed by atoms with Crippen molar-refractivity contribution in [1.29, 1.82) is 0 Å². The Morgan fingerprint density at radius 3 is 2.42 bits per heavy atom. The van der Waals surface area contributed by atoms with Crippen LogP contribution in [0.15, 0.2) is 54.9 Å². The molecule has 0 bridgehead atoms. The first-order valence-electron chi connectivity index (χ1n) is 8.67. The third kappa shape index (κ3) is 5.97. The summed E-state index contributed by atoms with van der Waals surface area (Å²) in [6, 6.07) is 14.8. The SMILES string of the molecule is CN(CCc1ccccc1)C1CCN(C(=O)c2cccnc2)CC1.Cl.Cl. The molecule has 3 rings (SSSR count). The van der Waals surface area contributed by atoms with Gasteiger partial charge >= 0.3 is 0 Å². The van der Waals surface area contributed by atoms with Gasteiger partial charge in [-0.15, -0.1) is 24.8 Å². The third-order valence-electron chi connectivity index (χ3n) is 4.88. The van der Waals surface area contributed by atoms with E-state index in [9.17, 15) is 4.79 Å². The van der Waals surface area contributed by atoms with Crippen LogP contribution in [0.2, 0.25) is 0 Å². The van der Waals surface area contributed by atoms with Crippen molar-refractivity contribution in [2.75, 3.05) is 26.7 Å². The zero-order valence-electron chi connectivity index (χ0n) is 15.1. The van der Waals surface area contributed by atoms with Crippen LogP contribution < -0.4 is 0 Å². The molecule has 142 valence electrons. The van der Waals surface area contributed by atoms with Crippen LogP contribution >= 0.6 is 24.8 Å². The summed E-state index contributed by atoms with van der Waals surface area (Å²) < 4.78 is 0. The Labute approximate surface area is 168 Å². The van der Waals surface area contributed by atoms with Gasteiger partial charge in [0.2, 0.25) is 0 Å². The molecule has 26 heavy (non-hydrogen) atoms. The van der Waals surface area contributed by atoms with Gasteiger partial charge in [0, 0.05) is 38.1 Å². The van der Waals surface area contributed by atoms with E-state index in [1.165, 1.54) is 5.56 Å². The van der Waals surface area contributed by atoms with Gasteiger partial charge in [0.15, 0.2) is 0 Å². The van der Waals surface area contributed by atoms with Gasteiger partial charge in [0.05, 0.1) is 5.56 Å². The molecule has 0 unspecified atom stereocenters. The second kappa shape index (κ2) is 11.2. The molecule has 1 aliphatic heterocycles. The number of pyridine rings is 1. The van der Waals surface area contributed by atoms with Gasteiger partial charge in [0.1, 0.15) is 0 Å². The van der Waals surface area contributed by atoms with E-state index in [1.807, 2.05) is 17.0 Å². The topological polar surface area (TPSA) is 36.4 Å². The number of benzene rings is 1. The van der Waals surface area contributed by atoms with E-state index in [0.717, 1.165) is 38.9 Å². The number of likely N-dealkylation sites (N-methyl/N-ethyl adjacent to an activating group) is 1. The van der Waals surface area contributed by atoms with E-state index in [1.54, 1.807) is 12.4 Å². The van der Waals surface area contributed by atoms with Crippen molar-refractivity contribution in [3.63, 3.8) is 0 Å². The number of amides is 1. The second-order valence-electron chi connectivity index (χ2n) is 6.48. The maximum Gasteiger partial charge on any atom is 0.255 e. The first kappa shape index (κ1) is 22.4. The number of rotatable bonds is 5. The Bertz CT molecular complexity index is 647. The van der Waals surface area contributed by atoms with Gasteiger partial charge in [-0.05, 0) is 44.0 Å². The first-order chi connectivity index (χ1) is 11.7. The molecular formula is C20H27Cl2N3O. The van der Waals surface area contributed by atoms with Crippen LogP contribution in [0.5, 0.6) is 0 Å². The Hall–Kier alpha value is -1.62. The van der Waals surface area contributed by atoms with Crippen LogP contribution in [0, 0.1) is 0 Å². The van der Waals surface area contributed by atoms with Crippen LogP contribution in [0.1, 0.15) is 28.8 Å². The predicted octanol–water partition coefficient (Wildman–Crippen LogP) is 3.70. The van der Waals surface area contributed by atoms with Crippen molar-refractivity contribution in [1.82, 2.24) is 14.8 Å². The summed E-state index contributed by atoms with van der Waals surface area (Å²) in [5.41, 5.74) is 2.07. The molecule has 2 aromatic rings. The minimum absolute atomic E-state index is 0. The van der Waals surface area contributed by atoms with E-state index in [4.69, 9.17) is 0 Å². The van der Waals surface area contributed by atoms with Gasteiger partial charge in [-0.25, -0.2) is 0 Å².